The molecule has 0 unspecified atom stereocenters. The molecule has 0 spiro atoms. The summed E-state index contributed by atoms with van der Waals surface area (Å²) in [5.74, 6) is 0.233. The van der Waals surface area contributed by atoms with Crippen LogP contribution in [0.25, 0.3) is 0 Å². The summed E-state index contributed by atoms with van der Waals surface area (Å²) in [6.45, 7) is 5.62. The van der Waals surface area contributed by atoms with Crippen LogP contribution >= 0.6 is 0 Å². The number of hydrogen-bond acceptors (Lipinski definition) is 5. The van der Waals surface area contributed by atoms with Crippen LogP contribution in [0, 0.1) is 0 Å². The van der Waals surface area contributed by atoms with Gasteiger partial charge in [0.05, 0.1) is 12.2 Å². The zero-order chi connectivity index (χ0) is 12.4. The van der Waals surface area contributed by atoms with Crippen LogP contribution in [0.3, 0.4) is 0 Å². The van der Waals surface area contributed by atoms with Gasteiger partial charge in [-0.25, -0.2) is 0 Å². The lowest BCUT2D eigenvalue weighted by Gasteiger charge is -2.31. The first kappa shape index (κ1) is 11.7. The van der Waals surface area contributed by atoms with E-state index in [-0.39, 0.29) is 5.91 Å². The van der Waals surface area contributed by atoms with Gasteiger partial charge in [0.25, 0.3) is 0 Å². The van der Waals surface area contributed by atoms with Crippen molar-refractivity contribution in [3.8, 4) is 0 Å². The van der Waals surface area contributed by atoms with E-state index < -0.39 is 0 Å². The number of piperazine rings is 1. The van der Waals surface area contributed by atoms with Crippen LogP contribution in [0.15, 0.2) is 10.8 Å². The maximum atomic E-state index is 12.1. The molecule has 3 heterocycles. The fraction of sp³-hybridized carbons (Fsp3) is 0.667. The monoisotopic (exact) mass is 250 g/mol. The van der Waals surface area contributed by atoms with Gasteiger partial charge in [0, 0.05) is 51.3 Å². The van der Waals surface area contributed by atoms with E-state index in [2.05, 4.69) is 15.4 Å². The Morgan fingerprint density at radius 2 is 2.22 bits per heavy atom. The molecule has 18 heavy (non-hydrogen) atoms. The molecule has 1 N–H and O–H groups in total. The van der Waals surface area contributed by atoms with Crippen molar-refractivity contribution in [3.05, 3.63) is 17.5 Å². The van der Waals surface area contributed by atoms with E-state index in [1.165, 1.54) is 0 Å². The third kappa shape index (κ3) is 2.39. The number of carbonyl (C=O) groups is 1. The quantitative estimate of drug-likeness (QED) is 0.764. The fourth-order valence-corrected chi connectivity index (χ4v) is 2.54. The van der Waals surface area contributed by atoms with Gasteiger partial charge in [-0.2, -0.15) is 0 Å². The SMILES string of the molecule is O=C(CN1CCc2nocc2C1)N1CCNCC1. The first-order valence-electron chi connectivity index (χ1n) is 6.46. The molecule has 0 saturated carbocycles. The smallest absolute Gasteiger partial charge is 0.236 e. The van der Waals surface area contributed by atoms with E-state index >= 15 is 0 Å². The Morgan fingerprint density at radius 3 is 3.06 bits per heavy atom. The summed E-state index contributed by atoms with van der Waals surface area (Å²) in [5, 5.41) is 7.21. The van der Waals surface area contributed by atoms with E-state index in [1.54, 1.807) is 6.26 Å². The summed E-state index contributed by atoms with van der Waals surface area (Å²) in [7, 11) is 0. The second kappa shape index (κ2) is 5.07. The Labute approximate surface area is 106 Å². The van der Waals surface area contributed by atoms with Crippen LogP contribution in [0.5, 0.6) is 0 Å². The molecule has 2 aliphatic heterocycles. The third-order valence-corrected chi connectivity index (χ3v) is 3.62. The summed E-state index contributed by atoms with van der Waals surface area (Å²) in [5.41, 5.74) is 2.16. The normalized spacial score (nSPS) is 20.8. The van der Waals surface area contributed by atoms with Crippen molar-refractivity contribution in [2.45, 2.75) is 13.0 Å². The van der Waals surface area contributed by atoms with Gasteiger partial charge in [-0.05, 0) is 0 Å². The van der Waals surface area contributed by atoms with Crippen LogP contribution in [0.2, 0.25) is 0 Å². The minimum Gasteiger partial charge on any atom is -0.364 e. The summed E-state index contributed by atoms with van der Waals surface area (Å²) < 4.78 is 4.96. The predicted octanol–water partition coefficient (Wildman–Crippen LogP) is -0.535. The van der Waals surface area contributed by atoms with Crippen molar-refractivity contribution < 1.29 is 9.32 Å². The molecule has 0 radical (unpaired) electrons. The van der Waals surface area contributed by atoms with Crippen LogP contribution in [-0.2, 0) is 17.8 Å². The largest absolute Gasteiger partial charge is 0.364 e. The fourth-order valence-electron chi connectivity index (χ4n) is 2.54. The molecule has 1 saturated heterocycles. The summed E-state index contributed by atoms with van der Waals surface area (Å²) in [6.07, 6.45) is 2.57. The molecule has 1 fully saturated rings. The summed E-state index contributed by atoms with van der Waals surface area (Å²) in [6, 6.07) is 0. The molecule has 1 aromatic rings. The lowest BCUT2D eigenvalue weighted by atomic mass is 10.1. The second-order valence-corrected chi connectivity index (χ2v) is 4.88. The molecular weight excluding hydrogens is 232 g/mol. The minimum atomic E-state index is 0.233. The van der Waals surface area contributed by atoms with Gasteiger partial charge in [0.1, 0.15) is 6.26 Å². The highest BCUT2D eigenvalue weighted by Gasteiger charge is 2.23. The number of aromatic nitrogens is 1. The lowest BCUT2D eigenvalue weighted by Crippen LogP contribution is -2.50. The van der Waals surface area contributed by atoms with Crippen LogP contribution in [0.4, 0.5) is 0 Å². The van der Waals surface area contributed by atoms with Crippen molar-refractivity contribution in [3.63, 3.8) is 0 Å². The topological polar surface area (TPSA) is 61.6 Å². The molecule has 3 rings (SSSR count). The Hall–Kier alpha value is -1.40. The number of nitrogens with one attached hydrogen (secondary N) is 1. The lowest BCUT2D eigenvalue weighted by molar-refractivity contribution is -0.133. The van der Waals surface area contributed by atoms with Crippen LogP contribution in [-0.4, -0.2) is 60.1 Å². The first-order chi connectivity index (χ1) is 8.83. The number of amides is 1. The Morgan fingerprint density at radius 1 is 1.39 bits per heavy atom. The first-order valence-corrected chi connectivity index (χ1v) is 6.46. The Bertz CT molecular complexity index is 425. The van der Waals surface area contributed by atoms with Gasteiger partial charge >= 0.3 is 0 Å². The molecule has 0 aliphatic carbocycles. The molecule has 6 heteroatoms. The van der Waals surface area contributed by atoms with Crippen LogP contribution in [0.1, 0.15) is 11.3 Å². The molecule has 0 aromatic carbocycles. The van der Waals surface area contributed by atoms with Gasteiger partial charge in [0.15, 0.2) is 0 Å². The Balaban J connectivity index is 1.56. The number of nitrogens with zero attached hydrogens (tertiary/aromatic N) is 3. The van der Waals surface area contributed by atoms with Crippen molar-refractivity contribution in [1.29, 1.82) is 0 Å². The average molecular weight is 250 g/mol. The molecule has 0 atom stereocenters. The average Bonchev–Trinajstić information content (AvgIpc) is 2.87. The standard InChI is InChI=1S/C12H18N4O2/c17-12(16-5-2-13-3-6-16)8-15-4-1-11-10(7-15)9-18-14-11/h9,13H,1-8H2. The van der Waals surface area contributed by atoms with E-state index in [1.807, 2.05) is 4.90 Å². The molecule has 0 bridgehead atoms. The van der Waals surface area contributed by atoms with Gasteiger partial charge < -0.3 is 14.7 Å². The predicted molar refractivity (Wildman–Crippen MR) is 64.9 cm³/mol. The zero-order valence-electron chi connectivity index (χ0n) is 10.4. The number of hydrogen-bond donors (Lipinski definition) is 1. The molecular formula is C12H18N4O2. The van der Waals surface area contributed by atoms with Crippen molar-refractivity contribution >= 4 is 5.91 Å². The third-order valence-electron chi connectivity index (χ3n) is 3.62. The maximum absolute atomic E-state index is 12.1. The zero-order valence-corrected chi connectivity index (χ0v) is 10.4. The highest BCUT2D eigenvalue weighted by atomic mass is 16.5. The van der Waals surface area contributed by atoms with Gasteiger partial charge in [0.2, 0.25) is 5.91 Å². The molecule has 1 amide bonds. The summed E-state index contributed by atoms with van der Waals surface area (Å²) in [4.78, 5) is 16.2. The van der Waals surface area contributed by atoms with E-state index in [0.29, 0.717) is 6.54 Å². The van der Waals surface area contributed by atoms with Gasteiger partial charge in [-0.15, -0.1) is 0 Å². The second-order valence-electron chi connectivity index (χ2n) is 4.88. The molecule has 1 aromatic heterocycles. The number of fused-ring (bicyclic) bond motifs is 1. The Kier molecular flexibility index (Phi) is 3.29. The molecule has 2 aliphatic rings. The highest BCUT2D eigenvalue weighted by molar-refractivity contribution is 5.78. The van der Waals surface area contributed by atoms with E-state index in [4.69, 9.17) is 4.52 Å². The van der Waals surface area contributed by atoms with Gasteiger partial charge in [-0.3, -0.25) is 9.69 Å². The number of rotatable bonds is 2. The van der Waals surface area contributed by atoms with Gasteiger partial charge in [-0.1, -0.05) is 5.16 Å². The molecule has 98 valence electrons. The maximum Gasteiger partial charge on any atom is 0.236 e. The molecule has 6 nitrogen and oxygen atoms in total. The van der Waals surface area contributed by atoms with E-state index in [0.717, 1.165) is 56.9 Å². The van der Waals surface area contributed by atoms with Crippen molar-refractivity contribution in [1.82, 2.24) is 20.3 Å². The van der Waals surface area contributed by atoms with Crippen LogP contribution < -0.4 is 5.32 Å². The number of carbonyl (C=O) groups excluding carboxylic acids is 1. The van der Waals surface area contributed by atoms with E-state index in [9.17, 15) is 4.79 Å². The highest BCUT2D eigenvalue weighted by Crippen LogP contribution is 2.17. The minimum absolute atomic E-state index is 0.233. The van der Waals surface area contributed by atoms with Crippen molar-refractivity contribution in [2.24, 2.45) is 0 Å². The van der Waals surface area contributed by atoms with Crippen molar-refractivity contribution in [2.75, 3.05) is 39.3 Å². The summed E-state index contributed by atoms with van der Waals surface area (Å²) >= 11 is 0.